The van der Waals surface area contributed by atoms with Gasteiger partial charge in [0.1, 0.15) is 0 Å². The van der Waals surface area contributed by atoms with E-state index in [1.807, 2.05) is 31.2 Å². The van der Waals surface area contributed by atoms with Crippen molar-refractivity contribution in [2.24, 2.45) is 5.10 Å². The minimum absolute atomic E-state index is 0.237. The standard InChI is InChI=1S/C21H23N3O4S/c1-3-7-20-18(14-22-19-9-6-5-8-15(19)4-2)21(25)24(23-20)16-10-12-17(13-11-16)29(26,27)28/h5-6,8-14,22H,3-4,7H2,1-2H3,(H,26,27,28)/b18-14+. The fraction of sp³-hybridized carbons (Fsp3) is 0.238. The molecule has 0 aliphatic carbocycles. The molecular weight excluding hydrogens is 390 g/mol. The van der Waals surface area contributed by atoms with E-state index >= 15 is 0 Å². The molecule has 0 radical (unpaired) electrons. The zero-order valence-electron chi connectivity index (χ0n) is 16.3. The minimum Gasteiger partial charge on any atom is -0.361 e. The maximum atomic E-state index is 13.0. The van der Waals surface area contributed by atoms with Gasteiger partial charge in [-0.25, -0.2) is 0 Å². The summed E-state index contributed by atoms with van der Waals surface area (Å²) in [5, 5.41) is 8.91. The maximum Gasteiger partial charge on any atom is 0.294 e. The van der Waals surface area contributed by atoms with E-state index in [1.54, 1.807) is 6.20 Å². The van der Waals surface area contributed by atoms with Crippen molar-refractivity contribution in [2.45, 2.75) is 38.0 Å². The lowest BCUT2D eigenvalue weighted by molar-refractivity contribution is -0.114. The van der Waals surface area contributed by atoms with E-state index in [0.717, 1.165) is 24.1 Å². The number of hydrogen-bond donors (Lipinski definition) is 2. The molecule has 2 aromatic rings. The number of para-hydroxylation sites is 1. The Balaban J connectivity index is 1.90. The highest BCUT2D eigenvalue weighted by molar-refractivity contribution is 7.85. The first-order valence-electron chi connectivity index (χ1n) is 9.39. The molecule has 1 heterocycles. The minimum atomic E-state index is -4.29. The average molecular weight is 413 g/mol. The van der Waals surface area contributed by atoms with Gasteiger partial charge < -0.3 is 5.32 Å². The van der Waals surface area contributed by atoms with Crippen LogP contribution in [0.4, 0.5) is 11.4 Å². The van der Waals surface area contributed by atoms with Crippen LogP contribution >= 0.6 is 0 Å². The van der Waals surface area contributed by atoms with Gasteiger partial charge in [0, 0.05) is 11.9 Å². The molecule has 2 aromatic carbocycles. The molecule has 0 saturated carbocycles. The highest BCUT2D eigenvalue weighted by Crippen LogP contribution is 2.27. The highest BCUT2D eigenvalue weighted by Gasteiger charge is 2.30. The summed E-state index contributed by atoms with van der Waals surface area (Å²) >= 11 is 0. The smallest absolute Gasteiger partial charge is 0.294 e. The van der Waals surface area contributed by atoms with Crippen molar-refractivity contribution in [3.05, 3.63) is 65.9 Å². The van der Waals surface area contributed by atoms with Crippen LogP contribution < -0.4 is 10.3 Å². The number of hydrogen-bond acceptors (Lipinski definition) is 5. The van der Waals surface area contributed by atoms with Crippen LogP contribution in [0.1, 0.15) is 32.3 Å². The van der Waals surface area contributed by atoms with Gasteiger partial charge >= 0.3 is 0 Å². The number of amides is 1. The molecule has 1 aliphatic heterocycles. The molecule has 152 valence electrons. The van der Waals surface area contributed by atoms with Gasteiger partial charge in [0.05, 0.1) is 21.9 Å². The van der Waals surface area contributed by atoms with E-state index < -0.39 is 10.1 Å². The van der Waals surface area contributed by atoms with Crippen LogP contribution in [0.5, 0.6) is 0 Å². The molecule has 3 rings (SSSR count). The Morgan fingerprint density at radius 3 is 2.41 bits per heavy atom. The molecule has 0 unspecified atom stereocenters. The SMILES string of the molecule is CCCC1=NN(c2ccc(S(=O)(=O)O)cc2)C(=O)/C1=C/Nc1ccccc1CC. The molecule has 0 fully saturated rings. The van der Waals surface area contributed by atoms with Gasteiger partial charge in [-0.15, -0.1) is 0 Å². The normalized spacial score (nSPS) is 15.7. The Morgan fingerprint density at radius 2 is 1.79 bits per heavy atom. The number of benzene rings is 2. The molecule has 0 saturated heterocycles. The molecule has 2 N–H and O–H groups in total. The second-order valence-corrected chi connectivity index (χ2v) is 8.02. The van der Waals surface area contributed by atoms with Gasteiger partial charge in [0.2, 0.25) is 0 Å². The number of rotatable bonds is 7. The third kappa shape index (κ3) is 4.55. The lowest BCUT2D eigenvalue weighted by atomic mass is 10.1. The van der Waals surface area contributed by atoms with Crippen LogP contribution in [0, 0.1) is 0 Å². The predicted octanol–water partition coefficient (Wildman–Crippen LogP) is 3.99. The summed E-state index contributed by atoms with van der Waals surface area (Å²) < 4.78 is 31.6. The summed E-state index contributed by atoms with van der Waals surface area (Å²) in [6.45, 7) is 4.07. The monoisotopic (exact) mass is 413 g/mol. The topological polar surface area (TPSA) is 99.1 Å². The maximum absolute atomic E-state index is 13.0. The van der Waals surface area contributed by atoms with Crippen molar-refractivity contribution >= 4 is 33.1 Å². The van der Waals surface area contributed by atoms with Gasteiger partial charge in [0.15, 0.2) is 0 Å². The molecule has 1 aliphatic rings. The van der Waals surface area contributed by atoms with Crippen LogP contribution in [0.2, 0.25) is 0 Å². The lowest BCUT2D eigenvalue weighted by Gasteiger charge is -2.12. The van der Waals surface area contributed by atoms with Crippen molar-refractivity contribution in [1.82, 2.24) is 0 Å². The summed E-state index contributed by atoms with van der Waals surface area (Å²) in [4.78, 5) is 12.7. The van der Waals surface area contributed by atoms with E-state index in [4.69, 9.17) is 4.55 Å². The summed E-state index contributed by atoms with van der Waals surface area (Å²) in [6, 6.07) is 13.3. The van der Waals surface area contributed by atoms with E-state index in [0.29, 0.717) is 23.4 Å². The second-order valence-electron chi connectivity index (χ2n) is 6.60. The average Bonchev–Trinajstić information content (AvgIpc) is 3.01. The number of anilines is 2. The van der Waals surface area contributed by atoms with Crippen LogP contribution in [0.3, 0.4) is 0 Å². The number of carbonyl (C=O) groups is 1. The number of aryl methyl sites for hydroxylation is 1. The Hall–Kier alpha value is -2.97. The molecule has 1 amide bonds. The van der Waals surface area contributed by atoms with Crippen molar-refractivity contribution in [3.63, 3.8) is 0 Å². The Bertz CT molecular complexity index is 1070. The van der Waals surface area contributed by atoms with Crippen LogP contribution in [0.25, 0.3) is 0 Å². The Kier molecular flexibility index (Phi) is 6.14. The van der Waals surface area contributed by atoms with Gasteiger partial charge in [0.25, 0.3) is 16.0 Å². The molecule has 0 spiro atoms. The van der Waals surface area contributed by atoms with Gasteiger partial charge in [-0.2, -0.15) is 18.5 Å². The lowest BCUT2D eigenvalue weighted by Crippen LogP contribution is -2.22. The van der Waals surface area contributed by atoms with Crippen molar-refractivity contribution in [1.29, 1.82) is 0 Å². The Labute approximate surface area is 170 Å². The van der Waals surface area contributed by atoms with E-state index in [-0.39, 0.29) is 10.8 Å². The number of nitrogens with zero attached hydrogens (tertiary/aromatic N) is 2. The first kappa shape index (κ1) is 20.8. The van der Waals surface area contributed by atoms with Crippen molar-refractivity contribution in [3.8, 4) is 0 Å². The van der Waals surface area contributed by atoms with Gasteiger partial charge in [-0.1, -0.05) is 38.5 Å². The van der Waals surface area contributed by atoms with Crippen LogP contribution in [0.15, 0.2) is 70.3 Å². The van der Waals surface area contributed by atoms with Crippen molar-refractivity contribution < 1.29 is 17.8 Å². The zero-order valence-corrected chi connectivity index (χ0v) is 17.1. The summed E-state index contributed by atoms with van der Waals surface area (Å²) in [5.41, 5.74) is 3.63. The molecule has 8 heteroatoms. The first-order valence-corrected chi connectivity index (χ1v) is 10.8. The van der Waals surface area contributed by atoms with Crippen LogP contribution in [-0.4, -0.2) is 24.6 Å². The predicted molar refractivity (Wildman–Crippen MR) is 114 cm³/mol. The largest absolute Gasteiger partial charge is 0.361 e. The third-order valence-corrected chi connectivity index (χ3v) is 5.46. The van der Waals surface area contributed by atoms with Crippen LogP contribution in [-0.2, 0) is 21.3 Å². The first-order chi connectivity index (χ1) is 13.8. The van der Waals surface area contributed by atoms with E-state index in [2.05, 4.69) is 17.3 Å². The molecule has 0 aromatic heterocycles. The van der Waals surface area contributed by atoms with E-state index in [1.165, 1.54) is 29.3 Å². The molecule has 0 bridgehead atoms. The fourth-order valence-electron chi connectivity index (χ4n) is 3.08. The Morgan fingerprint density at radius 1 is 1.10 bits per heavy atom. The molecule has 7 nitrogen and oxygen atoms in total. The van der Waals surface area contributed by atoms with Crippen molar-refractivity contribution in [2.75, 3.05) is 10.3 Å². The molecule has 0 atom stereocenters. The second kappa shape index (κ2) is 8.59. The number of nitrogens with one attached hydrogen (secondary N) is 1. The summed E-state index contributed by atoms with van der Waals surface area (Å²) in [5.74, 6) is -0.297. The summed E-state index contributed by atoms with van der Waals surface area (Å²) in [7, 11) is -4.29. The molecule has 29 heavy (non-hydrogen) atoms. The molecular formula is C21H23N3O4S. The number of hydrazone groups is 1. The van der Waals surface area contributed by atoms with Gasteiger partial charge in [-0.05, 0) is 48.7 Å². The number of carbonyl (C=O) groups excluding carboxylic acids is 1. The fourth-order valence-corrected chi connectivity index (χ4v) is 3.56. The third-order valence-electron chi connectivity index (χ3n) is 4.59. The zero-order chi connectivity index (χ0) is 21.0. The van der Waals surface area contributed by atoms with Gasteiger partial charge in [-0.3, -0.25) is 9.35 Å². The summed E-state index contributed by atoms with van der Waals surface area (Å²) in [6.07, 6.45) is 4.00. The highest BCUT2D eigenvalue weighted by atomic mass is 32.2. The quantitative estimate of drug-likeness (QED) is 0.528. The van der Waals surface area contributed by atoms with E-state index in [9.17, 15) is 13.2 Å².